The van der Waals surface area contributed by atoms with Crippen molar-refractivity contribution >= 4 is 5.97 Å². The lowest BCUT2D eigenvalue weighted by atomic mass is 9.96. The molecule has 0 amide bonds. The van der Waals surface area contributed by atoms with E-state index in [1.807, 2.05) is 24.3 Å². The Morgan fingerprint density at radius 3 is 2.47 bits per heavy atom. The molecular formula is C13H16O2. The quantitative estimate of drug-likeness (QED) is 0.707. The summed E-state index contributed by atoms with van der Waals surface area (Å²) in [5.41, 5.74) is 1.91. The molecule has 0 radical (unpaired) electrons. The highest BCUT2D eigenvalue weighted by atomic mass is 16.5. The van der Waals surface area contributed by atoms with Crippen LogP contribution in [-0.4, -0.2) is 12.1 Å². The predicted molar refractivity (Wildman–Crippen MR) is 58.9 cm³/mol. The van der Waals surface area contributed by atoms with Crippen molar-refractivity contribution in [1.82, 2.24) is 0 Å². The van der Waals surface area contributed by atoms with Gasteiger partial charge in [-0.3, -0.25) is 0 Å². The SMILES string of the molecule is CCc1ccc(C(=O)OC2CCC2)cc1. The van der Waals surface area contributed by atoms with E-state index < -0.39 is 0 Å². The Balaban J connectivity index is 1.98. The average Bonchev–Trinajstić information content (AvgIpc) is 2.23. The van der Waals surface area contributed by atoms with E-state index in [9.17, 15) is 4.79 Å². The minimum absolute atomic E-state index is 0.170. The number of aryl methyl sites for hydroxylation is 1. The van der Waals surface area contributed by atoms with Crippen molar-refractivity contribution in [2.45, 2.75) is 38.7 Å². The molecule has 2 heteroatoms. The van der Waals surface area contributed by atoms with Gasteiger partial charge in [0, 0.05) is 0 Å². The molecular weight excluding hydrogens is 188 g/mol. The molecule has 2 rings (SSSR count). The topological polar surface area (TPSA) is 26.3 Å². The molecule has 80 valence electrons. The Hall–Kier alpha value is -1.31. The monoisotopic (exact) mass is 204 g/mol. The lowest BCUT2D eigenvalue weighted by molar-refractivity contribution is 0.00901. The maximum atomic E-state index is 11.6. The second-order valence-corrected chi connectivity index (χ2v) is 4.01. The smallest absolute Gasteiger partial charge is 0.338 e. The third-order valence-corrected chi connectivity index (χ3v) is 2.92. The Bertz CT molecular complexity index is 336. The van der Waals surface area contributed by atoms with Crippen LogP contribution in [0.1, 0.15) is 42.1 Å². The van der Waals surface area contributed by atoms with Gasteiger partial charge in [0.05, 0.1) is 5.56 Å². The number of carbonyl (C=O) groups excluding carboxylic acids is 1. The van der Waals surface area contributed by atoms with E-state index in [0.29, 0.717) is 5.56 Å². The van der Waals surface area contributed by atoms with E-state index in [2.05, 4.69) is 6.92 Å². The van der Waals surface area contributed by atoms with Gasteiger partial charge in [0.2, 0.25) is 0 Å². The van der Waals surface area contributed by atoms with Gasteiger partial charge in [-0.05, 0) is 43.4 Å². The number of hydrogen-bond donors (Lipinski definition) is 0. The molecule has 0 atom stereocenters. The highest BCUT2D eigenvalue weighted by Crippen LogP contribution is 2.23. The van der Waals surface area contributed by atoms with Crippen LogP contribution in [0.2, 0.25) is 0 Å². The maximum Gasteiger partial charge on any atom is 0.338 e. The zero-order chi connectivity index (χ0) is 10.7. The van der Waals surface area contributed by atoms with Crippen LogP contribution >= 0.6 is 0 Å². The van der Waals surface area contributed by atoms with Gasteiger partial charge in [-0.15, -0.1) is 0 Å². The van der Waals surface area contributed by atoms with E-state index in [1.165, 1.54) is 12.0 Å². The fourth-order valence-electron chi connectivity index (χ4n) is 1.58. The Labute approximate surface area is 90.3 Å². The van der Waals surface area contributed by atoms with Crippen molar-refractivity contribution in [2.24, 2.45) is 0 Å². The van der Waals surface area contributed by atoms with Crippen molar-refractivity contribution in [3.05, 3.63) is 35.4 Å². The summed E-state index contributed by atoms with van der Waals surface area (Å²) in [5, 5.41) is 0. The van der Waals surface area contributed by atoms with Crippen molar-refractivity contribution in [3.8, 4) is 0 Å². The first kappa shape index (κ1) is 10.2. The first-order chi connectivity index (χ1) is 7.29. The second-order valence-electron chi connectivity index (χ2n) is 4.01. The summed E-state index contributed by atoms with van der Waals surface area (Å²) in [5.74, 6) is -0.178. The predicted octanol–water partition coefficient (Wildman–Crippen LogP) is 2.96. The summed E-state index contributed by atoms with van der Waals surface area (Å²) in [6.07, 6.45) is 4.41. The van der Waals surface area contributed by atoms with Crippen LogP contribution < -0.4 is 0 Å². The first-order valence-electron chi connectivity index (χ1n) is 5.59. The second kappa shape index (κ2) is 4.47. The van der Waals surface area contributed by atoms with Crippen LogP contribution in [0.25, 0.3) is 0 Å². The van der Waals surface area contributed by atoms with Crippen molar-refractivity contribution in [2.75, 3.05) is 0 Å². The summed E-state index contributed by atoms with van der Waals surface area (Å²) in [6, 6.07) is 7.66. The van der Waals surface area contributed by atoms with Gasteiger partial charge in [0.1, 0.15) is 6.10 Å². The third kappa shape index (κ3) is 2.38. The molecule has 1 aromatic carbocycles. The summed E-state index contributed by atoms with van der Waals surface area (Å²) in [6.45, 7) is 2.10. The summed E-state index contributed by atoms with van der Waals surface area (Å²) >= 11 is 0. The van der Waals surface area contributed by atoms with Gasteiger partial charge < -0.3 is 4.74 Å². The molecule has 0 saturated heterocycles. The molecule has 1 aromatic rings. The van der Waals surface area contributed by atoms with Gasteiger partial charge in [0.15, 0.2) is 0 Å². The van der Waals surface area contributed by atoms with Gasteiger partial charge in [0.25, 0.3) is 0 Å². The zero-order valence-corrected chi connectivity index (χ0v) is 9.03. The Morgan fingerprint density at radius 1 is 1.33 bits per heavy atom. The molecule has 2 nitrogen and oxygen atoms in total. The molecule has 0 spiro atoms. The van der Waals surface area contributed by atoms with Gasteiger partial charge in [-0.25, -0.2) is 4.79 Å². The number of carbonyl (C=O) groups is 1. The maximum absolute atomic E-state index is 11.6. The zero-order valence-electron chi connectivity index (χ0n) is 9.03. The molecule has 1 saturated carbocycles. The summed E-state index contributed by atoms with van der Waals surface area (Å²) in [4.78, 5) is 11.6. The molecule has 0 unspecified atom stereocenters. The lowest BCUT2D eigenvalue weighted by Crippen LogP contribution is -2.25. The van der Waals surface area contributed by atoms with E-state index >= 15 is 0 Å². The van der Waals surface area contributed by atoms with Crippen molar-refractivity contribution in [1.29, 1.82) is 0 Å². The number of ether oxygens (including phenoxy) is 1. The van der Waals surface area contributed by atoms with Gasteiger partial charge in [-0.1, -0.05) is 19.1 Å². The van der Waals surface area contributed by atoms with E-state index in [1.54, 1.807) is 0 Å². The van der Waals surface area contributed by atoms with Gasteiger partial charge >= 0.3 is 5.97 Å². The number of hydrogen-bond acceptors (Lipinski definition) is 2. The van der Waals surface area contributed by atoms with E-state index in [4.69, 9.17) is 4.74 Å². The Morgan fingerprint density at radius 2 is 2.00 bits per heavy atom. The normalized spacial score (nSPS) is 15.8. The molecule has 0 aliphatic heterocycles. The molecule has 1 aliphatic rings. The number of rotatable bonds is 3. The molecule has 1 fully saturated rings. The van der Waals surface area contributed by atoms with Crippen LogP contribution in [0.4, 0.5) is 0 Å². The standard InChI is InChI=1S/C13H16O2/c1-2-10-6-8-11(9-7-10)13(14)15-12-4-3-5-12/h6-9,12H,2-5H2,1H3. The highest BCUT2D eigenvalue weighted by Gasteiger charge is 2.22. The highest BCUT2D eigenvalue weighted by molar-refractivity contribution is 5.89. The minimum Gasteiger partial charge on any atom is -0.459 e. The molecule has 0 bridgehead atoms. The lowest BCUT2D eigenvalue weighted by Gasteiger charge is -2.25. The molecule has 15 heavy (non-hydrogen) atoms. The van der Waals surface area contributed by atoms with Crippen LogP contribution in [0, 0.1) is 0 Å². The summed E-state index contributed by atoms with van der Waals surface area (Å²) < 4.78 is 5.31. The molecule has 0 N–H and O–H groups in total. The van der Waals surface area contributed by atoms with Crippen LogP contribution in [0.3, 0.4) is 0 Å². The number of esters is 1. The van der Waals surface area contributed by atoms with E-state index in [-0.39, 0.29) is 12.1 Å². The first-order valence-corrected chi connectivity index (χ1v) is 5.59. The molecule has 1 aliphatic carbocycles. The van der Waals surface area contributed by atoms with Crippen molar-refractivity contribution < 1.29 is 9.53 Å². The van der Waals surface area contributed by atoms with Crippen LogP contribution in [0.15, 0.2) is 24.3 Å². The fraction of sp³-hybridized carbons (Fsp3) is 0.462. The van der Waals surface area contributed by atoms with Crippen LogP contribution in [0.5, 0.6) is 0 Å². The largest absolute Gasteiger partial charge is 0.459 e. The fourth-order valence-corrected chi connectivity index (χ4v) is 1.58. The Kier molecular flexibility index (Phi) is 3.05. The molecule has 0 heterocycles. The third-order valence-electron chi connectivity index (χ3n) is 2.92. The summed E-state index contributed by atoms with van der Waals surface area (Å²) in [7, 11) is 0. The average molecular weight is 204 g/mol. The molecule has 0 aromatic heterocycles. The van der Waals surface area contributed by atoms with E-state index in [0.717, 1.165) is 19.3 Å². The van der Waals surface area contributed by atoms with Crippen molar-refractivity contribution in [3.63, 3.8) is 0 Å². The van der Waals surface area contributed by atoms with Gasteiger partial charge in [-0.2, -0.15) is 0 Å². The number of benzene rings is 1. The van der Waals surface area contributed by atoms with Crippen LogP contribution in [-0.2, 0) is 11.2 Å². The minimum atomic E-state index is -0.178.